The fourth-order valence-electron chi connectivity index (χ4n) is 3.41. The van der Waals surface area contributed by atoms with Crippen molar-refractivity contribution in [1.29, 1.82) is 0 Å². The molecule has 0 spiro atoms. The number of quaternary nitrogens is 1. The van der Waals surface area contributed by atoms with Gasteiger partial charge in [-0.2, -0.15) is 0 Å². The molecule has 26 heavy (non-hydrogen) atoms. The average molecular weight is 390 g/mol. The molecular weight excluding hydrogens is 368 g/mol. The maximum absolute atomic E-state index is 6.06. The molecule has 0 amide bonds. The van der Waals surface area contributed by atoms with E-state index < -0.39 is 0 Å². The van der Waals surface area contributed by atoms with Gasteiger partial charge in [0.15, 0.2) is 0 Å². The maximum Gasteiger partial charge on any atom is 0.139 e. The molecule has 1 fully saturated rings. The molecular formula is C19H22ClN4OS+. The van der Waals surface area contributed by atoms with Crippen LogP contribution in [0.4, 0.5) is 5.82 Å². The van der Waals surface area contributed by atoms with Gasteiger partial charge in [0.25, 0.3) is 0 Å². The molecule has 0 atom stereocenters. The molecule has 4 rings (SSSR count). The number of anilines is 1. The van der Waals surface area contributed by atoms with E-state index in [0.29, 0.717) is 0 Å². The molecule has 1 aliphatic rings. The second-order valence-corrected chi connectivity index (χ2v) is 8.12. The number of morpholine rings is 1. The summed E-state index contributed by atoms with van der Waals surface area (Å²) >= 11 is 7.77. The number of thiophene rings is 1. The lowest BCUT2D eigenvalue weighted by atomic mass is 10.0. The molecule has 3 aromatic rings. The minimum atomic E-state index is 0.744. The van der Waals surface area contributed by atoms with Gasteiger partial charge in [-0.05, 0) is 24.6 Å². The molecule has 5 nitrogen and oxygen atoms in total. The lowest BCUT2D eigenvalue weighted by Gasteiger charge is -2.23. The number of benzene rings is 1. The molecule has 0 aliphatic carbocycles. The zero-order valence-corrected chi connectivity index (χ0v) is 16.3. The van der Waals surface area contributed by atoms with Crippen molar-refractivity contribution in [3.05, 3.63) is 40.5 Å². The number of nitrogens with one attached hydrogen (secondary N) is 2. The van der Waals surface area contributed by atoms with Crippen LogP contribution in [0.5, 0.6) is 0 Å². The predicted molar refractivity (Wildman–Crippen MR) is 107 cm³/mol. The highest BCUT2D eigenvalue weighted by atomic mass is 35.5. The Bertz CT molecular complexity index is 890. The zero-order chi connectivity index (χ0) is 17.9. The third kappa shape index (κ3) is 3.69. The smallest absolute Gasteiger partial charge is 0.139 e. The number of hydrogen-bond donors (Lipinski definition) is 2. The maximum atomic E-state index is 6.06. The van der Waals surface area contributed by atoms with Crippen LogP contribution in [-0.2, 0) is 4.74 Å². The molecule has 3 heterocycles. The third-order valence-corrected chi connectivity index (χ3v) is 6.03. The van der Waals surface area contributed by atoms with Gasteiger partial charge in [0.05, 0.1) is 31.7 Å². The molecule has 0 radical (unpaired) electrons. The molecule has 2 aromatic heterocycles. The minimum Gasteiger partial charge on any atom is -0.370 e. The summed E-state index contributed by atoms with van der Waals surface area (Å²) in [5, 5.41) is 5.39. The topological polar surface area (TPSA) is 51.5 Å². The Morgan fingerprint density at radius 3 is 2.73 bits per heavy atom. The summed E-state index contributed by atoms with van der Waals surface area (Å²) in [6.45, 7) is 7.96. The van der Waals surface area contributed by atoms with Crippen LogP contribution in [-0.4, -0.2) is 49.4 Å². The van der Waals surface area contributed by atoms with Crippen molar-refractivity contribution in [3.63, 3.8) is 0 Å². The van der Waals surface area contributed by atoms with Crippen LogP contribution >= 0.6 is 22.9 Å². The molecule has 7 heteroatoms. The van der Waals surface area contributed by atoms with Crippen molar-refractivity contribution in [2.24, 2.45) is 0 Å². The molecule has 0 saturated carbocycles. The van der Waals surface area contributed by atoms with Crippen LogP contribution < -0.4 is 10.2 Å². The number of halogens is 1. The second-order valence-electron chi connectivity index (χ2n) is 6.48. The minimum absolute atomic E-state index is 0.744. The van der Waals surface area contributed by atoms with E-state index in [1.807, 2.05) is 12.1 Å². The van der Waals surface area contributed by atoms with Crippen LogP contribution in [0.25, 0.3) is 21.3 Å². The van der Waals surface area contributed by atoms with E-state index in [0.717, 1.165) is 66.0 Å². The Morgan fingerprint density at radius 1 is 1.19 bits per heavy atom. The van der Waals surface area contributed by atoms with Gasteiger partial charge in [-0.3, -0.25) is 0 Å². The van der Waals surface area contributed by atoms with E-state index in [-0.39, 0.29) is 0 Å². The first kappa shape index (κ1) is 17.7. The summed E-state index contributed by atoms with van der Waals surface area (Å²) in [6.07, 6.45) is 1.65. The Morgan fingerprint density at radius 2 is 1.96 bits per heavy atom. The summed E-state index contributed by atoms with van der Waals surface area (Å²) in [5.74, 6) is 0.914. The first-order valence-corrected chi connectivity index (χ1v) is 10.1. The molecule has 0 bridgehead atoms. The number of nitrogens with zero attached hydrogens (tertiary/aromatic N) is 2. The third-order valence-electron chi connectivity index (χ3n) is 4.77. The molecule has 2 N–H and O–H groups in total. The standard InChI is InChI=1S/C19H21ClN4OS/c1-13-16(14-2-4-15(20)5-3-14)17-18(22-12-23-19(17)26-13)21-6-7-24-8-10-25-11-9-24/h2-5,12H,6-11H2,1H3,(H,21,22,23)/p+1. The second kappa shape index (κ2) is 7.88. The molecule has 1 aromatic carbocycles. The van der Waals surface area contributed by atoms with Crippen molar-refractivity contribution >= 4 is 39.0 Å². The number of aryl methyl sites for hydroxylation is 1. The van der Waals surface area contributed by atoms with Gasteiger partial charge in [0.2, 0.25) is 0 Å². The van der Waals surface area contributed by atoms with E-state index in [4.69, 9.17) is 16.3 Å². The summed E-state index contributed by atoms with van der Waals surface area (Å²) in [6, 6.07) is 7.98. The highest BCUT2D eigenvalue weighted by Crippen LogP contribution is 2.40. The molecule has 1 aliphatic heterocycles. The van der Waals surface area contributed by atoms with Crippen molar-refractivity contribution in [3.8, 4) is 11.1 Å². The van der Waals surface area contributed by atoms with Crippen molar-refractivity contribution in [1.82, 2.24) is 9.97 Å². The van der Waals surface area contributed by atoms with Crippen molar-refractivity contribution in [2.45, 2.75) is 6.92 Å². The fourth-order valence-corrected chi connectivity index (χ4v) is 4.55. The summed E-state index contributed by atoms with van der Waals surface area (Å²) < 4.78 is 5.43. The first-order valence-electron chi connectivity index (χ1n) is 8.87. The van der Waals surface area contributed by atoms with E-state index >= 15 is 0 Å². The lowest BCUT2D eigenvalue weighted by molar-refractivity contribution is -0.906. The number of fused-ring (bicyclic) bond motifs is 1. The Hall–Kier alpha value is -1.73. The SMILES string of the molecule is Cc1sc2ncnc(NCC[NH+]3CCOCC3)c2c1-c1ccc(Cl)cc1. The van der Waals surface area contributed by atoms with Crippen LogP contribution in [0.3, 0.4) is 0 Å². The van der Waals surface area contributed by atoms with Gasteiger partial charge >= 0.3 is 0 Å². The van der Waals surface area contributed by atoms with Crippen LogP contribution in [0, 0.1) is 6.92 Å². The molecule has 1 saturated heterocycles. The van der Waals surface area contributed by atoms with Gasteiger partial charge in [-0.25, -0.2) is 9.97 Å². The number of hydrogen-bond acceptors (Lipinski definition) is 5. The monoisotopic (exact) mass is 389 g/mol. The van der Waals surface area contributed by atoms with Crippen LogP contribution in [0.15, 0.2) is 30.6 Å². The largest absolute Gasteiger partial charge is 0.370 e. The van der Waals surface area contributed by atoms with Gasteiger partial charge in [-0.1, -0.05) is 23.7 Å². The highest BCUT2D eigenvalue weighted by molar-refractivity contribution is 7.19. The van der Waals surface area contributed by atoms with Gasteiger partial charge < -0.3 is 15.0 Å². The van der Waals surface area contributed by atoms with E-state index in [1.54, 1.807) is 22.6 Å². The van der Waals surface area contributed by atoms with Gasteiger partial charge in [-0.15, -0.1) is 11.3 Å². The van der Waals surface area contributed by atoms with Gasteiger partial charge in [0.1, 0.15) is 30.1 Å². The van der Waals surface area contributed by atoms with Crippen LogP contribution in [0.1, 0.15) is 4.88 Å². The Kier molecular flexibility index (Phi) is 5.36. The lowest BCUT2D eigenvalue weighted by Crippen LogP contribution is -3.14. The fraction of sp³-hybridized carbons (Fsp3) is 0.368. The highest BCUT2D eigenvalue weighted by Gasteiger charge is 2.18. The molecule has 0 unspecified atom stereocenters. The van der Waals surface area contributed by atoms with E-state index in [1.165, 1.54) is 10.4 Å². The number of rotatable bonds is 5. The summed E-state index contributed by atoms with van der Waals surface area (Å²) in [7, 11) is 0. The van der Waals surface area contributed by atoms with Gasteiger partial charge in [0, 0.05) is 15.5 Å². The Balaban J connectivity index is 1.61. The zero-order valence-electron chi connectivity index (χ0n) is 14.7. The summed E-state index contributed by atoms with van der Waals surface area (Å²) in [5.41, 5.74) is 2.35. The number of ether oxygens (including phenoxy) is 1. The Labute approximate surface area is 162 Å². The van der Waals surface area contributed by atoms with Crippen molar-refractivity contribution in [2.75, 3.05) is 44.7 Å². The van der Waals surface area contributed by atoms with Crippen molar-refractivity contribution < 1.29 is 9.64 Å². The normalized spacial score (nSPS) is 15.5. The van der Waals surface area contributed by atoms with E-state index in [2.05, 4.69) is 34.3 Å². The number of aromatic nitrogens is 2. The molecule has 136 valence electrons. The van der Waals surface area contributed by atoms with E-state index in [9.17, 15) is 0 Å². The predicted octanol–water partition coefficient (Wildman–Crippen LogP) is 2.65. The first-order chi connectivity index (χ1) is 12.7. The summed E-state index contributed by atoms with van der Waals surface area (Å²) in [4.78, 5) is 12.8. The van der Waals surface area contributed by atoms with Crippen LogP contribution in [0.2, 0.25) is 5.02 Å². The average Bonchev–Trinajstić information content (AvgIpc) is 3.00. The quantitative estimate of drug-likeness (QED) is 0.704.